The monoisotopic (exact) mass is 399 g/mol. The molecule has 156 valence electrons. The Morgan fingerprint density at radius 3 is 1.89 bits per heavy atom. The molecular weight excluding hydrogens is 362 g/mol. The Labute approximate surface area is 170 Å². The van der Waals surface area contributed by atoms with Crippen molar-refractivity contribution in [3.05, 3.63) is 0 Å². The summed E-state index contributed by atoms with van der Waals surface area (Å²) < 4.78 is 0. The van der Waals surface area contributed by atoms with Gasteiger partial charge < -0.3 is 16.0 Å². The second-order valence-electron chi connectivity index (χ2n) is 9.34. The van der Waals surface area contributed by atoms with Gasteiger partial charge in [0.05, 0.1) is 5.41 Å². The maximum Gasteiger partial charge on any atom is 0.228 e. The maximum absolute atomic E-state index is 13.1. The first-order chi connectivity index (χ1) is 12.5. The molecule has 1 saturated heterocycles. The Morgan fingerprint density at radius 2 is 1.41 bits per heavy atom. The highest BCUT2D eigenvalue weighted by Gasteiger charge is 2.44. The molecule has 0 bridgehead atoms. The predicted molar refractivity (Wildman–Crippen MR) is 111 cm³/mol. The van der Waals surface area contributed by atoms with Crippen LogP contribution in [0.1, 0.15) is 78.1 Å². The molecule has 0 spiro atoms. The number of nitrogens with one attached hydrogen (secondary N) is 3. The van der Waals surface area contributed by atoms with Gasteiger partial charge in [-0.05, 0) is 76.2 Å². The van der Waals surface area contributed by atoms with E-state index < -0.39 is 5.41 Å². The lowest BCUT2D eigenvalue weighted by Gasteiger charge is -2.33. The van der Waals surface area contributed by atoms with E-state index in [1.807, 2.05) is 0 Å². The fourth-order valence-corrected chi connectivity index (χ4v) is 4.90. The summed E-state index contributed by atoms with van der Waals surface area (Å²) in [6.07, 6.45) is 10.1. The highest BCUT2D eigenvalue weighted by atomic mass is 35.5. The molecule has 0 radical (unpaired) electrons. The van der Waals surface area contributed by atoms with Crippen molar-refractivity contribution in [2.75, 3.05) is 13.1 Å². The van der Waals surface area contributed by atoms with Crippen molar-refractivity contribution in [3.63, 3.8) is 0 Å². The molecule has 2 amide bonds. The van der Waals surface area contributed by atoms with E-state index in [9.17, 15) is 9.59 Å². The van der Waals surface area contributed by atoms with Gasteiger partial charge in [-0.2, -0.15) is 0 Å². The van der Waals surface area contributed by atoms with Gasteiger partial charge in [0.1, 0.15) is 0 Å². The smallest absolute Gasteiger partial charge is 0.228 e. The molecule has 1 atom stereocenters. The zero-order valence-corrected chi connectivity index (χ0v) is 17.8. The first-order valence-corrected chi connectivity index (χ1v) is 10.8. The molecule has 3 rings (SSSR count). The number of amides is 2. The summed E-state index contributed by atoms with van der Waals surface area (Å²) in [6.45, 7) is 6.02. The standard InChI is InChI=1S/C21H37N3O2.ClH/c1-15-3-7-17(8-4-15)23-19(25)13-21(11-12-22-14-21)20(26)24-18-9-5-16(2)6-10-18;/h15-18,22H,3-14H2,1-2H3,(H,23,25)(H,24,26);1H. The molecule has 1 heterocycles. The van der Waals surface area contributed by atoms with Gasteiger partial charge in [0.25, 0.3) is 0 Å². The number of rotatable bonds is 5. The van der Waals surface area contributed by atoms with Crippen LogP contribution in [0.4, 0.5) is 0 Å². The molecule has 1 unspecified atom stereocenters. The fourth-order valence-electron chi connectivity index (χ4n) is 4.90. The number of hydrogen-bond acceptors (Lipinski definition) is 3. The SMILES string of the molecule is CC1CCC(NC(=O)CC2(C(=O)NC3CCC(C)CC3)CCNC2)CC1.Cl. The van der Waals surface area contributed by atoms with Gasteiger partial charge in [-0.25, -0.2) is 0 Å². The normalized spacial score (nSPS) is 36.5. The molecule has 0 aromatic heterocycles. The molecule has 5 nitrogen and oxygen atoms in total. The minimum absolute atomic E-state index is 0. The van der Waals surface area contributed by atoms with Gasteiger partial charge >= 0.3 is 0 Å². The van der Waals surface area contributed by atoms with Gasteiger partial charge in [-0.3, -0.25) is 9.59 Å². The van der Waals surface area contributed by atoms with Crippen LogP contribution >= 0.6 is 12.4 Å². The van der Waals surface area contributed by atoms with Crippen LogP contribution in [0, 0.1) is 17.3 Å². The summed E-state index contributed by atoms with van der Waals surface area (Å²) in [5, 5.41) is 9.80. The number of carbonyl (C=O) groups is 2. The van der Waals surface area contributed by atoms with Crippen molar-refractivity contribution in [2.24, 2.45) is 17.3 Å². The molecule has 3 fully saturated rings. The highest BCUT2D eigenvalue weighted by molar-refractivity contribution is 5.89. The van der Waals surface area contributed by atoms with E-state index in [-0.39, 0.29) is 24.2 Å². The first-order valence-electron chi connectivity index (χ1n) is 10.8. The van der Waals surface area contributed by atoms with Crippen molar-refractivity contribution in [2.45, 2.75) is 90.1 Å². The average Bonchev–Trinajstić information content (AvgIpc) is 3.08. The lowest BCUT2D eigenvalue weighted by atomic mass is 9.80. The Hall–Kier alpha value is -0.810. The lowest BCUT2D eigenvalue weighted by Crippen LogP contribution is -2.50. The summed E-state index contributed by atoms with van der Waals surface area (Å²) in [4.78, 5) is 25.7. The third kappa shape index (κ3) is 6.08. The molecular formula is C21H38ClN3O2. The van der Waals surface area contributed by atoms with E-state index >= 15 is 0 Å². The zero-order valence-electron chi connectivity index (χ0n) is 17.0. The molecule has 6 heteroatoms. The van der Waals surface area contributed by atoms with E-state index in [1.54, 1.807) is 0 Å². The number of hydrogen-bond donors (Lipinski definition) is 3. The molecule has 3 N–H and O–H groups in total. The fraction of sp³-hybridized carbons (Fsp3) is 0.905. The van der Waals surface area contributed by atoms with Crippen LogP contribution in [-0.4, -0.2) is 37.0 Å². The molecule has 3 aliphatic rings. The van der Waals surface area contributed by atoms with Crippen LogP contribution in [0.3, 0.4) is 0 Å². The van der Waals surface area contributed by atoms with Crippen molar-refractivity contribution in [3.8, 4) is 0 Å². The van der Waals surface area contributed by atoms with Crippen molar-refractivity contribution >= 4 is 24.2 Å². The van der Waals surface area contributed by atoms with Crippen LogP contribution in [0.2, 0.25) is 0 Å². The molecule has 2 aliphatic carbocycles. The summed E-state index contributed by atoms with van der Waals surface area (Å²) in [6, 6.07) is 0.590. The zero-order chi connectivity index (χ0) is 18.6. The van der Waals surface area contributed by atoms with Crippen LogP contribution in [0.25, 0.3) is 0 Å². The predicted octanol–water partition coefficient (Wildman–Crippen LogP) is 3.17. The average molecular weight is 400 g/mol. The van der Waals surface area contributed by atoms with E-state index in [4.69, 9.17) is 0 Å². The Bertz CT molecular complexity index is 492. The first kappa shape index (κ1) is 22.5. The van der Waals surface area contributed by atoms with E-state index in [2.05, 4.69) is 29.8 Å². The Kier molecular flexibility index (Phi) is 8.41. The van der Waals surface area contributed by atoms with Crippen molar-refractivity contribution in [1.29, 1.82) is 0 Å². The summed E-state index contributed by atoms with van der Waals surface area (Å²) in [5.41, 5.74) is -0.560. The maximum atomic E-state index is 13.1. The largest absolute Gasteiger partial charge is 0.353 e. The van der Waals surface area contributed by atoms with Gasteiger partial charge in [0.2, 0.25) is 11.8 Å². The molecule has 2 saturated carbocycles. The second kappa shape index (κ2) is 10.1. The Morgan fingerprint density at radius 1 is 0.889 bits per heavy atom. The Balaban J connectivity index is 0.00000261. The number of halogens is 1. The van der Waals surface area contributed by atoms with Crippen molar-refractivity contribution in [1.82, 2.24) is 16.0 Å². The lowest BCUT2D eigenvalue weighted by molar-refractivity contribution is -0.136. The van der Waals surface area contributed by atoms with Crippen LogP contribution in [-0.2, 0) is 9.59 Å². The van der Waals surface area contributed by atoms with Crippen LogP contribution in [0.15, 0.2) is 0 Å². The van der Waals surface area contributed by atoms with Gasteiger partial charge in [-0.15, -0.1) is 12.4 Å². The second-order valence-corrected chi connectivity index (χ2v) is 9.34. The number of carbonyl (C=O) groups excluding carboxylic acids is 2. The third-order valence-corrected chi connectivity index (χ3v) is 6.96. The summed E-state index contributed by atoms with van der Waals surface area (Å²) in [5.74, 6) is 1.70. The molecule has 1 aliphatic heterocycles. The minimum Gasteiger partial charge on any atom is -0.353 e. The van der Waals surface area contributed by atoms with Crippen molar-refractivity contribution < 1.29 is 9.59 Å². The minimum atomic E-state index is -0.560. The van der Waals surface area contributed by atoms with Crippen LogP contribution < -0.4 is 16.0 Å². The topological polar surface area (TPSA) is 70.2 Å². The van der Waals surface area contributed by atoms with E-state index in [1.165, 1.54) is 25.7 Å². The molecule has 27 heavy (non-hydrogen) atoms. The van der Waals surface area contributed by atoms with Gasteiger partial charge in [0.15, 0.2) is 0 Å². The van der Waals surface area contributed by atoms with Crippen LogP contribution in [0.5, 0.6) is 0 Å². The molecule has 0 aromatic rings. The third-order valence-electron chi connectivity index (χ3n) is 6.96. The summed E-state index contributed by atoms with van der Waals surface area (Å²) in [7, 11) is 0. The molecule has 0 aromatic carbocycles. The van der Waals surface area contributed by atoms with Gasteiger partial charge in [0, 0.05) is 25.0 Å². The van der Waals surface area contributed by atoms with E-state index in [0.29, 0.717) is 25.0 Å². The quantitative estimate of drug-likeness (QED) is 0.665. The highest BCUT2D eigenvalue weighted by Crippen LogP contribution is 2.32. The summed E-state index contributed by atoms with van der Waals surface area (Å²) >= 11 is 0. The van der Waals surface area contributed by atoms with E-state index in [0.717, 1.165) is 50.5 Å². The van der Waals surface area contributed by atoms with Gasteiger partial charge in [-0.1, -0.05) is 13.8 Å².